The molecule has 1 saturated carbocycles. The highest BCUT2D eigenvalue weighted by Crippen LogP contribution is 2.36. The van der Waals surface area contributed by atoms with Gasteiger partial charge in [-0.05, 0) is 25.7 Å². The maximum atomic E-state index is 6.02. The monoisotopic (exact) mass is 247 g/mol. The molecule has 1 aromatic heterocycles. The number of nitrogen functional groups attached to an aromatic ring is 1. The molecule has 2 aliphatic rings. The Labute approximate surface area is 108 Å². The second-order valence-corrected chi connectivity index (χ2v) is 5.49. The van der Waals surface area contributed by atoms with E-state index in [2.05, 4.69) is 20.9 Å². The number of rotatable bonds is 2. The van der Waals surface area contributed by atoms with Crippen molar-refractivity contribution in [2.24, 2.45) is 5.73 Å². The van der Waals surface area contributed by atoms with Gasteiger partial charge in [0, 0.05) is 31.1 Å². The van der Waals surface area contributed by atoms with Gasteiger partial charge < -0.3 is 16.4 Å². The van der Waals surface area contributed by atoms with E-state index in [9.17, 15) is 0 Å². The van der Waals surface area contributed by atoms with E-state index >= 15 is 0 Å². The van der Waals surface area contributed by atoms with Crippen LogP contribution in [-0.2, 0) is 0 Å². The summed E-state index contributed by atoms with van der Waals surface area (Å²) in [5, 5.41) is 0. The summed E-state index contributed by atoms with van der Waals surface area (Å²) in [6, 6.07) is 2.36. The first-order chi connectivity index (χ1) is 8.72. The summed E-state index contributed by atoms with van der Waals surface area (Å²) in [4.78, 5) is 11.0. The average Bonchev–Trinajstić information content (AvgIpc) is 2.26. The van der Waals surface area contributed by atoms with E-state index in [1.54, 1.807) is 0 Å². The topological polar surface area (TPSA) is 81.1 Å². The van der Waals surface area contributed by atoms with E-state index in [4.69, 9.17) is 11.5 Å². The molecule has 2 fully saturated rings. The van der Waals surface area contributed by atoms with Crippen LogP contribution in [0.4, 0.5) is 11.8 Å². The first kappa shape index (κ1) is 11.7. The molecule has 0 aromatic carbocycles. The van der Waals surface area contributed by atoms with Gasteiger partial charge in [0.1, 0.15) is 5.82 Å². The van der Waals surface area contributed by atoms with Crippen LogP contribution in [0.2, 0.25) is 0 Å². The molecule has 0 radical (unpaired) electrons. The van der Waals surface area contributed by atoms with Gasteiger partial charge >= 0.3 is 0 Å². The maximum absolute atomic E-state index is 6.02. The fourth-order valence-electron chi connectivity index (χ4n) is 2.76. The minimum absolute atomic E-state index is 0.252. The van der Waals surface area contributed by atoms with E-state index in [0.717, 1.165) is 37.4 Å². The molecule has 18 heavy (non-hydrogen) atoms. The lowest BCUT2D eigenvalue weighted by Crippen LogP contribution is -2.43. The standard InChI is InChI=1S/C13H21N5/c14-10-5-2-6-18(8-10)12-7-11(9-3-1-4-9)16-13(15)17-12/h7,9-10H,1-6,8,14H2,(H2,15,16,17). The molecule has 4 N–H and O–H groups in total. The first-order valence-corrected chi connectivity index (χ1v) is 6.87. The van der Waals surface area contributed by atoms with Crippen molar-refractivity contribution in [2.45, 2.75) is 44.1 Å². The third-order valence-corrected chi connectivity index (χ3v) is 4.06. The Balaban J connectivity index is 1.84. The number of anilines is 2. The normalized spacial score (nSPS) is 24.9. The fraction of sp³-hybridized carbons (Fsp3) is 0.692. The number of nitrogens with zero attached hydrogens (tertiary/aromatic N) is 3. The lowest BCUT2D eigenvalue weighted by molar-refractivity contribution is 0.410. The second kappa shape index (κ2) is 4.72. The van der Waals surface area contributed by atoms with Crippen LogP contribution in [0.25, 0.3) is 0 Å². The summed E-state index contributed by atoms with van der Waals surface area (Å²) >= 11 is 0. The lowest BCUT2D eigenvalue weighted by Gasteiger charge is -2.32. The third kappa shape index (κ3) is 2.27. The Morgan fingerprint density at radius 1 is 1.17 bits per heavy atom. The van der Waals surface area contributed by atoms with Gasteiger partial charge in [0.15, 0.2) is 0 Å². The molecule has 1 aliphatic carbocycles. The highest BCUT2D eigenvalue weighted by Gasteiger charge is 2.24. The van der Waals surface area contributed by atoms with Crippen LogP contribution in [0.15, 0.2) is 6.07 Å². The molecule has 98 valence electrons. The SMILES string of the molecule is Nc1nc(C2CCC2)cc(N2CCCC(N)C2)n1. The van der Waals surface area contributed by atoms with Gasteiger partial charge in [-0.25, -0.2) is 4.98 Å². The summed E-state index contributed by atoms with van der Waals surface area (Å²) in [6.07, 6.45) is 6.00. The van der Waals surface area contributed by atoms with Crippen LogP contribution >= 0.6 is 0 Å². The minimum Gasteiger partial charge on any atom is -0.368 e. The van der Waals surface area contributed by atoms with E-state index in [1.807, 2.05) is 0 Å². The van der Waals surface area contributed by atoms with Crippen LogP contribution in [0.1, 0.15) is 43.7 Å². The van der Waals surface area contributed by atoms with Crippen molar-refractivity contribution in [1.82, 2.24) is 9.97 Å². The largest absolute Gasteiger partial charge is 0.368 e. The molecule has 1 atom stereocenters. The molecular formula is C13H21N5. The second-order valence-electron chi connectivity index (χ2n) is 5.49. The maximum Gasteiger partial charge on any atom is 0.222 e. The van der Waals surface area contributed by atoms with Crippen molar-refractivity contribution < 1.29 is 0 Å². The summed E-state index contributed by atoms with van der Waals surface area (Å²) in [5.74, 6) is 1.95. The minimum atomic E-state index is 0.252. The van der Waals surface area contributed by atoms with Crippen LogP contribution in [0.3, 0.4) is 0 Å². The van der Waals surface area contributed by atoms with Crippen LogP contribution in [-0.4, -0.2) is 29.1 Å². The van der Waals surface area contributed by atoms with Crippen molar-refractivity contribution in [3.8, 4) is 0 Å². The van der Waals surface area contributed by atoms with E-state index < -0.39 is 0 Å². The number of hydrogen-bond acceptors (Lipinski definition) is 5. The smallest absolute Gasteiger partial charge is 0.222 e. The molecular weight excluding hydrogens is 226 g/mol. The van der Waals surface area contributed by atoms with Crippen molar-refractivity contribution in [1.29, 1.82) is 0 Å². The van der Waals surface area contributed by atoms with Gasteiger partial charge in [0.25, 0.3) is 0 Å². The molecule has 1 unspecified atom stereocenters. The van der Waals surface area contributed by atoms with Crippen molar-refractivity contribution in [3.63, 3.8) is 0 Å². The Morgan fingerprint density at radius 2 is 2.00 bits per heavy atom. The quantitative estimate of drug-likeness (QED) is 0.822. The molecule has 3 rings (SSSR count). The number of hydrogen-bond donors (Lipinski definition) is 2. The van der Waals surface area contributed by atoms with Crippen LogP contribution in [0, 0.1) is 0 Å². The van der Waals surface area contributed by atoms with Gasteiger partial charge in [-0.3, -0.25) is 0 Å². The Hall–Kier alpha value is -1.36. The van der Waals surface area contributed by atoms with Gasteiger partial charge in [0.2, 0.25) is 5.95 Å². The summed E-state index contributed by atoms with van der Waals surface area (Å²) < 4.78 is 0. The zero-order valence-electron chi connectivity index (χ0n) is 10.7. The predicted molar refractivity (Wildman–Crippen MR) is 72.5 cm³/mol. The lowest BCUT2D eigenvalue weighted by atomic mass is 9.83. The van der Waals surface area contributed by atoms with E-state index in [0.29, 0.717) is 11.9 Å². The molecule has 2 heterocycles. The van der Waals surface area contributed by atoms with Crippen molar-refractivity contribution >= 4 is 11.8 Å². The number of nitrogens with two attached hydrogens (primary N) is 2. The first-order valence-electron chi connectivity index (χ1n) is 6.87. The number of aromatic nitrogens is 2. The van der Waals surface area contributed by atoms with Crippen molar-refractivity contribution in [3.05, 3.63) is 11.8 Å². The number of piperidine rings is 1. The van der Waals surface area contributed by atoms with Crippen molar-refractivity contribution in [2.75, 3.05) is 23.7 Å². The van der Waals surface area contributed by atoms with Gasteiger partial charge in [-0.15, -0.1) is 0 Å². The zero-order valence-corrected chi connectivity index (χ0v) is 10.7. The van der Waals surface area contributed by atoms with E-state index in [-0.39, 0.29) is 6.04 Å². The molecule has 5 heteroatoms. The molecule has 0 spiro atoms. The molecule has 5 nitrogen and oxygen atoms in total. The zero-order chi connectivity index (χ0) is 12.5. The van der Waals surface area contributed by atoms with Crippen LogP contribution in [0.5, 0.6) is 0 Å². The predicted octanol–water partition coefficient (Wildman–Crippen LogP) is 1.25. The van der Waals surface area contributed by atoms with Gasteiger partial charge in [0.05, 0.1) is 5.69 Å². The summed E-state index contributed by atoms with van der Waals surface area (Å²) in [5.41, 5.74) is 13.0. The highest BCUT2D eigenvalue weighted by atomic mass is 15.2. The van der Waals surface area contributed by atoms with E-state index in [1.165, 1.54) is 19.3 Å². The van der Waals surface area contributed by atoms with Gasteiger partial charge in [-0.1, -0.05) is 6.42 Å². The Bertz CT molecular complexity index is 429. The Morgan fingerprint density at radius 3 is 2.67 bits per heavy atom. The summed E-state index contributed by atoms with van der Waals surface area (Å²) in [6.45, 7) is 1.90. The third-order valence-electron chi connectivity index (χ3n) is 4.06. The Kier molecular flexibility index (Phi) is 3.07. The molecule has 1 saturated heterocycles. The molecule has 1 aromatic rings. The summed E-state index contributed by atoms with van der Waals surface area (Å²) in [7, 11) is 0. The average molecular weight is 247 g/mol. The highest BCUT2D eigenvalue weighted by molar-refractivity contribution is 5.45. The van der Waals surface area contributed by atoms with Crippen LogP contribution < -0.4 is 16.4 Å². The molecule has 1 aliphatic heterocycles. The molecule has 0 amide bonds. The molecule has 0 bridgehead atoms. The van der Waals surface area contributed by atoms with Gasteiger partial charge in [-0.2, -0.15) is 4.98 Å². The fourth-order valence-corrected chi connectivity index (χ4v) is 2.76.